The van der Waals surface area contributed by atoms with Crippen molar-refractivity contribution in [3.05, 3.63) is 24.3 Å². The highest BCUT2D eigenvalue weighted by molar-refractivity contribution is 6.00. The molecule has 4 rings (SSSR count). The van der Waals surface area contributed by atoms with Crippen LogP contribution < -0.4 is 5.32 Å². The predicted octanol–water partition coefficient (Wildman–Crippen LogP) is 1.97. The molecule has 2 aromatic rings. The first-order chi connectivity index (χ1) is 11.9. The normalized spacial score (nSPS) is 23.9. The van der Waals surface area contributed by atoms with Crippen molar-refractivity contribution in [3.8, 4) is 11.4 Å². The van der Waals surface area contributed by atoms with Gasteiger partial charge in [-0.15, -0.1) is 5.10 Å². The van der Waals surface area contributed by atoms with Crippen LogP contribution in [0, 0.1) is 17.3 Å². The maximum atomic E-state index is 12.5. The smallest absolute Gasteiger partial charge is 0.307 e. The molecule has 1 amide bonds. The van der Waals surface area contributed by atoms with E-state index in [1.165, 1.54) is 0 Å². The molecule has 8 heteroatoms. The van der Waals surface area contributed by atoms with Crippen LogP contribution in [0.5, 0.6) is 0 Å². The van der Waals surface area contributed by atoms with Crippen LogP contribution >= 0.6 is 0 Å². The van der Waals surface area contributed by atoms with Gasteiger partial charge in [-0.2, -0.15) is 0 Å². The average molecular weight is 341 g/mol. The molecule has 2 atom stereocenters. The zero-order chi connectivity index (χ0) is 17.8. The number of aromatic nitrogens is 4. The summed E-state index contributed by atoms with van der Waals surface area (Å²) >= 11 is 0. The van der Waals surface area contributed by atoms with Crippen molar-refractivity contribution in [2.24, 2.45) is 17.3 Å². The molecule has 2 N–H and O–H groups in total. The number of aliphatic carboxylic acids is 1. The van der Waals surface area contributed by atoms with Crippen molar-refractivity contribution in [3.63, 3.8) is 0 Å². The first kappa shape index (κ1) is 15.7. The maximum absolute atomic E-state index is 12.5. The zero-order valence-electron chi connectivity index (χ0n) is 14.0. The van der Waals surface area contributed by atoms with Gasteiger partial charge in [0.15, 0.2) is 5.82 Å². The molecule has 2 aliphatic carbocycles. The van der Waals surface area contributed by atoms with Gasteiger partial charge in [-0.05, 0) is 40.8 Å². The van der Waals surface area contributed by atoms with Crippen LogP contribution in [0.2, 0.25) is 0 Å². The highest BCUT2D eigenvalue weighted by Crippen LogP contribution is 2.58. The molecule has 25 heavy (non-hydrogen) atoms. The van der Waals surface area contributed by atoms with Gasteiger partial charge in [0.1, 0.15) is 0 Å². The number of carboxylic acids is 1. The lowest BCUT2D eigenvalue weighted by Crippen LogP contribution is -2.17. The number of carbonyl (C=O) groups excluding carboxylic acids is 1. The summed E-state index contributed by atoms with van der Waals surface area (Å²) in [7, 11) is 0. The number of amides is 1. The van der Waals surface area contributed by atoms with Crippen LogP contribution in [-0.4, -0.2) is 37.2 Å². The number of carboxylic acid groups (broad SMARTS) is 1. The van der Waals surface area contributed by atoms with Gasteiger partial charge in [-0.3, -0.25) is 9.59 Å². The number of carbonyl (C=O) groups is 2. The largest absolute Gasteiger partial charge is 0.481 e. The second kappa shape index (κ2) is 5.37. The van der Waals surface area contributed by atoms with E-state index in [1.807, 2.05) is 22.9 Å². The summed E-state index contributed by atoms with van der Waals surface area (Å²) in [6.45, 7) is 3.60. The van der Waals surface area contributed by atoms with Crippen molar-refractivity contribution in [2.45, 2.75) is 32.7 Å². The summed E-state index contributed by atoms with van der Waals surface area (Å²) < 4.78 is 1.81. The zero-order valence-corrected chi connectivity index (χ0v) is 14.0. The van der Waals surface area contributed by atoms with Crippen LogP contribution in [0.15, 0.2) is 24.3 Å². The van der Waals surface area contributed by atoms with E-state index in [4.69, 9.17) is 0 Å². The molecule has 0 aliphatic heterocycles. The van der Waals surface area contributed by atoms with E-state index in [1.54, 1.807) is 19.9 Å². The van der Waals surface area contributed by atoms with Crippen LogP contribution in [0.4, 0.5) is 5.69 Å². The molecule has 2 fully saturated rings. The minimum Gasteiger partial charge on any atom is -0.481 e. The number of tetrazole rings is 1. The Morgan fingerprint density at radius 3 is 2.68 bits per heavy atom. The van der Waals surface area contributed by atoms with Gasteiger partial charge in [0.05, 0.1) is 17.9 Å². The molecular weight excluding hydrogens is 322 g/mol. The summed E-state index contributed by atoms with van der Waals surface area (Å²) in [5.41, 5.74) is 0.906. The highest BCUT2D eigenvalue weighted by atomic mass is 16.4. The minimum absolute atomic E-state index is 0.267. The Morgan fingerprint density at radius 2 is 2.04 bits per heavy atom. The van der Waals surface area contributed by atoms with Crippen LogP contribution in [0.3, 0.4) is 0 Å². The fraction of sp³-hybridized carbons (Fsp3) is 0.471. The second-order valence-electron chi connectivity index (χ2n) is 7.36. The molecule has 1 heterocycles. The molecule has 0 saturated heterocycles. The van der Waals surface area contributed by atoms with Gasteiger partial charge in [0, 0.05) is 11.3 Å². The first-order valence-electron chi connectivity index (χ1n) is 8.31. The van der Waals surface area contributed by atoms with Gasteiger partial charge < -0.3 is 10.4 Å². The summed E-state index contributed by atoms with van der Waals surface area (Å²) in [5, 5.41) is 23.9. The standard InChI is InChI=1S/C17H19N5O3/c1-17(2)12(13(17)16(24)25)15(23)18-10-5-3-4-9(8-10)14-19-20-21-22(14)11-6-7-11/h3-5,8,11-13H,6-7H2,1-2H3,(H,18,23)(H,24,25)/t12-,13+/m1/s1. The number of rotatable bonds is 5. The van der Waals surface area contributed by atoms with Crippen molar-refractivity contribution < 1.29 is 14.7 Å². The van der Waals surface area contributed by atoms with E-state index >= 15 is 0 Å². The molecule has 1 aromatic heterocycles. The molecule has 1 aromatic carbocycles. The lowest BCUT2D eigenvalue weighted by molar-refractivity contribution is -0.140. The number of anilines is 1. The lowest BCUT2D eigenvalue weighted by Gasteiger charge is -2.08. The molecule has 0 radical (unpaired) electrons. The molecule has 0 unspecified atom stereocenters. The second-order valence-corrected chi connectivity index (χ2v) is 7.36. The number of hydrogen-bond acceptors (Lipinski definition) is 5. The first-order valence-corrected chi connectivity index (χ1v) is 8.31. The molecule has 130 valence electrons. The monoisotopic (exact) mass is 341 g/mol. The third kappa shape index (κ3) is 2.67. The van der Waals surface area contributed by atoms with E-state index in [9.17, 15) is 14.7 Å². The SMILES string of the molecule is CC1(C)[C@H](C(=O)O)[C@@H]1C(=O)Nc1cccc(-c2nnnn2C2CC2)c1. The summed E-state index contributed by atoms with van der Waals surface area (Å²) in [6.07, 6.45) is 2.14. The number of nitrogens with zero attached hydrogens (tertiary/aromatic N) is 4. The van der Waals surface area contributed by atoms with Crippen LogP contribution in [0.1, 0.15) is 32.7 Å². The minimum atomic E-state index is -0.928. The lowest BCUT2D eigenvalue weighted by atomic mass is 10.1. The summed E-state index contributed by atoms with van der Waals surface area (Å²) in [6, 6.07) is 7.66. The van der Waals surface area contributed by atoms with E-state index in [0.717, 1.165) is 18.4 Å². The Hall–Kier alpha value is -2.77. The third-order valence-electron chi connectivity index (χ3n) is 5.15. The molecular formula is C17H19N5O3. The van der Waals surface area contributed by atoms with Crippen molar-refractivity contribution in [1.82, 2.24) is 20.2 Å². The molecule has 2 aliphatic rings. The van der Waals surface area contributed by atoms with Gasteiger partial charge in [-0.1, -0.05) is 26.0 Å². The average Bonchev–Trinajstić information content (AvgIpc) is 3.43. The van der Waals surface area contributed by atoms with E-state index in [2.05, 4.69) is 20.8 Å². The highest BCUT2D eigenvalue weighted by Gasteiger charge is 2.65. The quantitative estimate of drug-likeness (QED) is 0.860. The van der Waals surface area contributed by atoms with Crippen molar-refractivity contribution >= 4 is 17.6 Å². The summed E-state index contributed by atoms with van der Waals surface area (Å²) in [4.78, 5) is 23.7. The fourth-order valence-corrected chi connectivity index (χ4v) is 3.49. The topological polar surface area (TPSA) is 110 Å². The van der Waals surface area contributed by atoms with E-state index < -0.39 is 23.2 Å². The van der Waals surface area contributed by atoms with Gasteiger partial charge in [0.2, 0.25) is 5.91 Å². The van der Waals surface area contributed by atoms with E-state index in [0.29, 0.717) is 17.6 Å². The number of hydrogen-bond donors (Lipinski definition) is 2. The Labute approximate surface area is 144 Å². The molecule has 2 saturated carbocycles. The Bertz CT molecular complexity index is 855. The summed E-state index contributed by atoms with van der Waals surface area (Å²) in [5.74, 6) is -1.68. The Kier molecular flexibility index (Phi) is 3.38. The maximum Gasteiger partial charge on any atom is 0.307 e. The third-order valence-corrected chi connectivity index (χ3v) is 5.15. The Balaban J connectivity index is 1.53. The van der Waals surface area contributed by atoms with Crippen LogP contribution in [-0.2, 0) is 9.59 Å². The van der Waals surface area contributed by atoms with Gasteiger partial charge in [-0.25, -0.2) is 4.68 Å². The Morgan fingerprint density at radius 1 is 1.28 bits per heavy atom. The molecule has 0 spiro atoms. The van der Waals surface area contributed by atoms with Crippen molar-refractivity contribution in [1.29, 1.82) is 0 Å². The number of benzene rings is 1. The molecule has 8 nitrogen and oxygen atoms in total. The predicted molar refractivity (Wildman–Crippen MR) is 88.6 cm³/mol. The number of nitrogens with one attached hydrogen (secondary N) is 1. The van der Waals surface area contributed by atoms with Gasteiger partial charge in [0.25, 0.3) is 0 Å². The molecule has 0 bridgehead atoms. The fourth-order valence-electron chi connectivity index (χ4n) is 3.49. The van der Waals surface area contributed by atoms with Crippen LogP contribution in [0.25, 0.3) is 11.4 Å². The van der Waals surface area contributed by atoms with Gasteiger partial charge >= 0.3 is 5.97 Å². The van der Waals surface area contributed by atoms with Crippen molar-refractivity contribution in [2.75, 3.05) is 5.32 Å². The van der Waals surface area contributed by atoms with E-state index in [-0.39, 0.29) is 5.91 Å².